The molecule has 1 saturated heterocycles. The van der Waals surface area contributed by atoms with E-state index >= 15 is 0 Å². The molecule has 7 nitrogen and oxygen atoms in total. The number of fused-ring (bicyclic) bond motifs is 4. The highest BCUT2D eigenvalue weighted by Gasteiger charge is 2.31. The summed E-state index contributed by atoms with van der Waals surface area (Å²) in [4.78, 5) is 27.4. The van der Waals surface area contributed by atoms with E-state index in [-0.39, 0.29) is 5.91 Å². The minimum atomic E-state index is -0.561. The number of aliphatic hydroxyl groups excluding tert-OH is 1. The van der Waals surface area contributed by atoms with Crippen LogP contribution in [0, 0.1) is 6.92 Å². The summed E-state index contributed by atoms with van der Waals surface area (Å²) in [5.41, 5.74) is 10.1. The van der Waals surface area contributed by atoms with Crippen LogP contribution in [0.25, 0.3) is 33.3 Å². The van der Waals surface area contributed by atoms with E-state index in [9.17, 15) is 9.90 Å². The molecule has 0 saturated carbocycles. The Bertz CT molecular complexity index is 1520. The maximum absolute atomic E-state index is 12.7. The van der Waals surface area contributed by atoms with Crippen molar-refractivity contribution >= 4 is 22.6 Å². The van der Waals surface area contributed by atoms with Crippen molar-refractivity contribution in [1.82, 2.24) is 19.8 Å². The van der Waals surface area contributed by atoms with Gasteiger partial charge in [-0.3, -0.25) is 4.79 Å². The molecule has 2 atom stereocenters. The number of pyridine rings is 1. The van der Waals surface area contributed by atoms with Gasteiger partial charge in [-0.25, -0.2) is 4.98 Å². The summed E-state index contributed by atoms with van der Waals surface area (Å²) in [6.45, 7) is 7.58. The highest BCUT2D eigenvalue weighted by Crippen LogP contribution is 2.39. The molecule has 2 aliphatic heterocycles. The third-order valence-electron chi connectivity index (χ3n) is 8.29. The van der Waals surface area contributed by atoms with Crippen LogP contribution < -0.4 is 4.90 Å². The van der Waals surface area contributed by atoms with Gasteiger partial charge in [-0.05, 0) is 86.3 Å². The first-order valence-corrected chi connectivity index (χ1v) is 13.9. The van der Waals surface area contributed by atoms with E-state index in [1.165, 1.54) is 28.8 Å². The number of rotatable bonds is 5. The van der Waals surface area contributed by atoms with Crippen LogP contribution in [0.4, 0.5) is 5.69 Å². The zero-order valence-corrected chi connectivity index (χ0v) is 23.2. The number of aryl methyl sites for hydroxylation is 2. The number of likely N-dealkylation sites (N-methyl/N-ethyl adjacent to an activating group) is 2. The SMILES string of the molecule is Cc1cc(-c2cnc3[nH]cc(-c4ccc(C(=O)N(C)C[C@H](C)O)cc4)c3c2)cc2c1N1CCN(C)C[C@H]1CC2. The van der Waals surface area contributed by atoms with E-state index in [1.807, 2.05) is 36.7 Å². The fourth-order valence-corrected chi connectivity index (χ4v) is 6.39. The smallest absolute Gasteiger partial charge is 0.253 e. The second-order valence-electron chi connectivity index (χ2n) is 11.4. The Balaban J connectivity index is 1.30. The van der Waals surface area contributed by atoms with Gasteiger partial charge in [-0.2, -0.15) is 0 Å². The molecule has 4 aromatic rings. The number of aromatic nitrogens is 2. The largest absolute Gasteiger partial charge is 0.392 e. The molecule has 2 N–H and O–H groups in total. The number of carbonyl (C=O) groups is 1. The van der Waals surface area contributed by atoms with Gasteiger partial charge in [0.15, 0.2) is 0 Å². The Morgan fingerprint density at radius 1 is 1.15 bits per heavy atom. The number of benzene rings is 2. The van der Waals surface area contributed by atoms with E-state index in [2.05, 4.69) is 47.0 Å². The Morgan fingerprint density at radius 2 is 1.95 bits per heavy atom. The zero-order valence-electron chi connectivity index (χ0n) is 23.2. The van der Waals surface area contributed by atoms with Gasteiger partial charge in [0.2, 0.25) is 0 Å². The number of anilines is 1. The number of hydrogen-bond acceptors (Lipinski definition) is 5. The van der Waals surface area contributed by atoms with Crippen LogP contribution in [-0.2, 0) is 6.42 Å². The van der Waals surface area contributed by atoms with Gasteiger partial charge >= 0.3 is 0 Å². The van der Waals surface area contributed by atoms with Crippen LogP contribution in [-0.4, -0.2) is 83.2 Å². The molecular formula is C32H37N5O2. The summed E-state index contributed by atoms with van der Waals surface area (Å²) in [7, 11) is 3.94. The number of nitrogens with zero attached hydrogens (tertiary/aromatic N) is 4. The molecule has 0 aliphatic carbocycles. The number of H-pyrrole nitrogens is 1. The van der Waals surface area contributed by atoms with Gasteiger partial charge in [-0.1, -0.05) is 12.1 Å². The number of carbonyl (C=O) groups excluding carboxylic acids is 1. The number of piperazine rings is 1. The summed E-state index contributed by atoms with van der Waals surface area (Å²) in [5.74, 6) is -0.101. The lowest BCUT2D eigenvalue weighted by molar-refractivity contribution is 0.0703. The molecule has 202 valence electrons. The summed E-state index contributed by atoms with van der Waals surface area (Å²) in [5, 5.41) is 10.7. The molecule has 1 fully saturated rings. The molecule has 6 rings (SSSR count). The van der Waals surface area contributed by atoms with Crippen molar-refractivity contribution in [1.29, 1.82) is 0 Å². The number of aliphatic hydroxyl groups is 1. The maximum Gasteiger partial charge on any atom is 0.253 e. The summed E-state index contributed by atoms with van der Waals surface area (Å²) in [6, 6.07) is 15.2. The van der Waals surface area contributed by atoms with Crippen LogP contribution >= 0.6 is 0 Å². The van der Waals surface area contributed by atoms with Gasteiger partial charge in [0.1, 0.15) is 5.65 Å². The number of hydrogen-bond donors (Lipinski definition) is 2. The van der Waals surface area contributed by atoms with Gasteiger partial charge in [-0.15, -0.1) is 0 Å². The summed E-state index contributed by atoms with van der Waals surface area (Å²) in [6.07, 6.45) is 5.71. The lowest BCUT2D eigenvalue weighted by Crippen LogP contribution is -2.54. The van der Waals surface area contributed by atoms with E-state index in [0.29, 0.717) is 18.2 Å². The van der Waals surface area contributed by atoms with Crippen LogP contribution in [0.15, 0.2) is 54.9 Å². The first-order chi connectivity index (χ1) is 18.8. The highest BCUT2D eigenvalue weighted by atomic mass is 16.3. The van der Waals surface area contributed by atoms with Crippen molar-refractivity contribution in [3.05, 3.63) is 71.5 Å². The lowest BCUT2D eigenvalue weighted by Gasteiger charge is -2.46. The Labute approximate surface area is 230 Å². The normalized spacial score (nSPS) is 18.1. The molecule has 0 spiro atoms. The van der Waals surface area contributed by atoms with Gasteiger partial charge < -0.3 is 24.8 Å². The van der Waals surface area contributed by atoms with E-state index in [0.717, 1.165) is 53.8 Å². The fourth-order valence-electron chi connectivity index (χ4n) is 6.39. The molecule has 0 unspecified atom stereocenters. The van der Waals surface area contributed by atoms with Crippen molar-refractivity contribution < 1.29 is 9.90 Å². The standard InChI is InChI=1S/C32H37N5O2/c1-20-13-25(14-24-9-10-27-19-35(3)11-12-37(27)30(20)24)26-15-28-29(17-34-31(28)33-16-26)22-5-7-23(8-6-22)32(39)36(4)18-21(2)38/h5-8,13-17,21,27,38H,9-12,18-19H2,1-4H3,(H,33,34)/t21-,27+/m0/s1. The first-order valence-electron chi connectivity index (χ1n) is 13.9. The quantitative estimate of drug-likeness (QED) is 0.396. The number of aromatic amines is 1. The molecule has 0 radical (unpaired) electrons. The van der Waals surface area contributed by atoms with Crippen molar-refractivity contribution in [2.24, 2.45) is 0 Å². The lowest BCUT2D eigenvalue weighted by atomic mass is 9.89. The molecule has 4 heterocycles. The molecule has 2 aliphatic rings. The van der Waals surface area contributed by atoms with Gasteiger partial charge in [0.25, 0.3) is 5.91 Å². The average Bonchev–Trinajstić information content (AvgIpc) is 3.35. The minimum Gasteiger partial charge on any atom is -0.392 e. The molecule has 7 heteroatoms. The van der Waals surface area contributed by atoms with Crippen molar-refractivity contribution in [2.45, 2.75) is 38.8 Å². The second-order valence-corrected chi connectivity index (χ2v) is 11.4. The van der Waals surface area contributed by atoms with E-state index in [1.54, 1.807) is 18.9 Å². The van der Waals surface area contributed by atoms with E-state index < -0.39 is 6.10 Å². The predicted molar refractivity (Wildman–Crippen MR) is 157 cm³/mol. The third kappa shape index (κ3) is 4.81. The van der Waals surface area contributed by atoms with E-state index in [4.69, 9.17) is 4.98 Å². The van der Waals surface area contributed by atoms with Crippen LogP contribution in [0.1, 0.15) is 34.8 Å². The van der Waals surface area contributed by atoms with Gasteiger partial charge in [0, 0.05) is 79.4 Å². The topological polar surface area (TPSA) is 75.7 Å². The molecule has 0 bridgehead atoms. The Hall–Kier alpha value is -3.68. The molecular weight excluding hydrogens is 486 g/mol. The summed E-state index contributed by atoms with van der Waals surface area (Å²) < 4.78 is 0. The van der Waals surface area contributed by atoms with Crippen molar-refractivity contribution in [3.8, 4) is 22.3 Å². The second kappa shape index (κ2) is 10.1. The molecule has 39 heavy (non-hydrogen) atoms. The van der Waals surface area contributed by atoms with Crippen molar-refractivity contribution in [2.75, 3.05) is 45.2 Å². The van der Waals surface area contributed by atoms with Gasteiger partial charge in [0.05, 0.1) is 6.10 Å². The van der Waals surface area contributed by atoms with Crippen LogP contribution in [0.3, 0.4) is 0 Å². The minimum absolute atomic E-state index is 0.101. The Kier molecular flexibility index (Phi) is 6.65. The first kappa shape index (κ1) is 25.6. The van der Waals surface area contributed by atoms with Crippen molar-refractivity contribution in [3.63, 3.8) is 0 Å². The Morgan fingerprint density at radius 3 is 2.72 bits per heavy atom. The number of nitrogens with one attached hydrogen (secondary N) is 1. The zero-order chi connectivity index (χ0) is 27.3. The summed E-state index contributed by atoms with van der Waals surface area (Å²) >= 11 is 0. The highest BCUT2D eigenvalue weighted by molar-refractivity contribution is 5.98. The molecule has 1 amide bonds. The number of amides is 1. The average molecular weight is 524 g/mol. The fraction of sp³-hybridized carbons (Fsp3) is 0.375. The predicted octanol–water partition coefficient (Wildman–Crippen LogP) is 4.72. The van der Waals surface area contributed by atoms with Crippen LogP contribution in [0.5, 0.6) is 0 Å². The molecule has 2 aromatic heterocycles. The molecule has 2 aromatic carbocycles. The monoisotopic (exact) mass is 523 g/mol. The van der Waals surface area contributed by atoms with Crippen LogP contribution in [0.2, 0.25) is 0 Å². The maximum atomic E-state index is 12.7. The third-order valence-corrected chi connectivity index (χ3v) is 8.29.